The number of ether oxygens (including phenoxy) is 3. The zero-order valence-corrected chi connectivity index (χ0v) is 19.5. The quantitative estimate of drug-likeness (QED) is 0.392. The number of carbonyl (C=O) groups excluding carboxylic acids is 1. The number of amides is 1. The van der Waals surface area contributed by atoms with Crippen molar-refractivity contribution < 1.29 is 19.0 Å². The highest BCUT2D eigenvalue weighted by atomic mass is 32.1. The lowest BCUT2D eigenvalue weighted by Gasteiger charge is -2.14. The van der Waals surface area contributed by atoms with Gasteiger partial charge in [-0.25, -0.2) is 0 Å². The first-order valence-corrected chi connectivity index (χ1v) is 11.2. The average molecular weight is 464 g/mol. The third kappa shape index (κ3) is 5.01. The van der Waals surface area contributed by atoms with E-state index in [-0.39, 0.29) is 12.5 Å². The Morgan fingerprint density at radius 2 is 1.70 bits per heavy atom. The summed E-state index contributed by atoms with van der Waals surface area (Å²) in [4.78, 5) is 14.2. The summed E-state index contributed by atoms with van der Waals surface area (Å²) < 4.78 is 18.0. The van der Waals surface area contributed by atoms with Gasteiger partial charge in [-0.2, -0.15) is 5.10 Å². The van der Waals surface area contributed by atoms with Gasteiger partial charge >= 0.3 is 0 Å². The first-order chi connectivity index (χ1) is 16.1. The van der Waals surface area contributed by atoms with Crippen LogP contribution in [0, 0.1) is 0 Å². The van der Waals surface area contributed by atoms with Crippen LogP contribution in [0.15, 0.2) is 66.2 Å². The molecule has 2 heterocycles. The van der Waals surface area contributed by atoms with Crippen LogP contribution in [-0.2, 0) is 13.1 Å². The number of nitrogens with one attached hydrogen (secondary N) is 1. The van der Waals surface area contributed by atoms with Crippen LogP contribution in [0.2, 0.25) is 0 Å². The number of hydrogen-bond acceptors (Lipinski definition) is 6. The van der Waals surface area contributed by atoms with Gasteiger partial charge in [-0.1, -0.05) is 36.4 Å². The number of thiophene rings is 1. The molecule has 4 rings (SSSR count). The van der Waals surface area contributed by atoms with E-state index >= 15 is 0 Å². The summed E-state index contributed by atoms with van der Waals surface area (Å²) in [5.41, 5.74) is 3.07. The Kier molecular flexibility index (Phi) is 6.95. The number of methoxy groups -OCH3 is 3. The van der Waals surface area contributed by atoms with E-state index in [4.69, 9.17) is 19.3 Å². The van der Waals surface area contributed by atoms with Crippen molar-refractivity contribution in [2.75, 3.05) is 21.3 Å². The average Bonchev–Trinajstić information content (AvgIpc) is 3.52. The van der Waals surface area contributed by atoms with E-state index in [1.807, 2.05) is 47.8 Å². The van der Waals surface area contributed by atoms with Crippen molar-refractivity contribution >= 4 is 17.2 Å². The Hall–Kier alpha value is -3.78. The lowest BCUT2D eigenvalue weighted by Crippen LogP contribution is -2.23. The monoisotopic (exact) mass is 463 g/mol. The molecule has 0 fully saturated rings. The van der Waals surface area contributed by atoms with Crippen molar-refractivity contribution in [1.82, 2.24) is 15.1 Å². The molecule has 4 aromatic rings. The van der Waals surface area contributed by atoms with Crippen LogP contribution >= 0.6 is 11.3 Å². The van der Waals surface area contributed by atoms with Gasteiger partial charge in [0.05, 0.1) is 38.3 Å². The lowest BCUT2D eigenvalue weighted by atomic mass is 10.1. The van der Waals surface area contributed by atoms with Crippen molar-refractivity contribution in [3.8, 4) is 27.8 Å². The standard InChI is InChI=1S/C25H25N3O4S/c1-30-20-13-22(32-3)21(31-2)12-18(20)14-26-25(29)19-16-28(15-17-8-5-4-6-9-17)27-24(19)23-10-7-11-33-23/h4-13,16H,14-15H2,1-3H3,(H,26,29). The highest BCUT2D eigenvalue weighted by Crippen LogP contribution is 2.34. The molecule has 1 N–H and O–H groups in total. The summed E-state index contributed by atoms with van der Waals surface area (Å²) in [5.74, 6) is 1.52. The molecule has 8 heteroatoms. The number of nitrogens with zero attached hydrogens (tertiary/aromatic N) is 2. The Morgan fingerprint density at radius 1 is 0.970 bits per heavy atom. The van der Waals surface area contributed by atoms with Gasteiger partial charge in [0.25, 0.3) is 5.91 Å². The first-order valence-electron chi connectivity index (χ1n) is 10.3. The second kappa shape index (κ2) is 10.2. The molecular formula is C25H25N3O4S. The predicted octanol–water partition coefficient (Wildman–Crippen LogP) is 4.62. The first kappa shape index (κ1) is 22.4. The maximum Gasteiger partial charge on any atom is 0.255 e. The SMILES string of the molecule is COc1cc(OC)c(OC)cc1CNC(=O)c1cn(Cc2ccccc2)nc1-c1cccs1. The van der Waals surface area contributed by atoms with E-state index in [1.165, 1.54) is 0 Å². The lowest BCUT2D eigenvalue weighted by molar-refractivity contribution is 0.0951. The minimum Gasteiger partial charge on any atom is -0.496 e. The van der Waals surface area contributed by atoms with Crippen LogP contribution in [0.4, 0.5) is 0 Å². The molecule has 1 amide bonds. The fraction of sp³-hybridized carbons (Fsp3) is 0.200. The summed E-state index contributed by atoms with van der Waals surface area (Å²) in [6.07, 6.45) is 1.79. The second-order valence-electron chi connectivity index (χ2n) is 7.25. The third-order valence-corrected chi connectivity index (χ3v) is 6.05. The minimum atomic E-state index is -0.213. The van der Waals surface area contributed by atoms with Gasteiger partial charge in [0.2, 0.25) is 0 Å². The number of rotatable bonds is 9. The second-order valence-corrected chi connectivity index (χ2v) is 8.20. The normalized spacial score (nSPS) is 10.6. The number of aromatic nitrogens is 2. The van der Waals surface area contributed by atoms with Gasteiger partial charge in [-0.05, 0) is 23.1 Å². The molecule has 0 saturated heterocycles. The number of benzene rings is 2. The molecule has 0 radical (unpaired) electrons. The Morgan fingerprint density at radius 3 is 2.36 bits per heavy atom. The van der Waals surface area contributed by atoms with Crippen LogP contribution in [0.25, 0.3) is 10.6 Å². The van der Waals surface area contributed by atoms with Gasteiger partial charge in [-0.3, -0.25) is 9.48 Å². The van der Waals surface area contributed by atoms with E-state index in [2.05, 4.69) is 5.32 Å². The van der Waals surface area contributed by atoms with E-state index in [1.54, 1.807) is 55.7 Å². The molecule has 7 nitrogen and oxygen atoms in total. The maximum atomic E-state index is 13.2. The van der Waals surface area contributed by atoms with Crippen LogP contribution in [-0.4, -0.2) is 37.0 Å². The molecule has 0 saturated carbocycles. The summed E-state index contributed by atoms with van der Waals surface area (Å²) in [6.45, 7) is 0.839. The molecule has 170 valence electrons. The van der Waals surface area contributed by atoms with E-state index in [0.717, 1.165) is 16.0 Å². The maximum absolute atomic E-state index is 13.2. The third-order valence-electron chi connectivity index (χ3n) is 5.17. The highest BCUT2D eigenvalue weighted by molar-refractivity contribution is 7.13. The predicted molar refractivity (Wildman–Crippen MR) is 128 cm³/mol. The zero-order chi connectivity index (χ0) is 23.2. The van der Waals surface area contributed by atoms with E-state index in [0.29, 0.717) is 35.1 Å². The zero-order valence-electron chi connectivity index (χ0n) is 18.7. The molecular weight excluding hydrogens is 438 g/mol. The molecule has 0 bridgehead atoms. The molecule has 0 aliphatic carbocycles. The van der Waals surface area contributed by atoms with Crippen molar-refractivity contribution in [2.24, 2.45) is 0 Å². The summed E-state index contributed by atoms with van der Waals surface area (Å²) in [5, 5.41) is 9.68. The van der Waals surface area contributed by atoms with Gasteiger partial charge in [0.15, 0.2) is 11.5 Å². The Labute approximate surface area is 196 Å². The fourth-order valence-corrected chi connectivity index (χ4v) is 4.26. The number of hydrogen-bond donors (Lipinski definition) is 1. The smallest absolute Gasteiger partial charge is 0.255 e. The van der Waals surface area contributed by atoms with Crippen LogP contribution in [0.5, 0.6) is 17.2 Å². The van der Waals surface area contributed by atoms with Crippen molar-refractivity contribution in [3.05, 3.63) is 82.9 Å². The van der Waals surface area contributed by atoms with Gasteiger partial charge in [0, 0.05) is 24.4 Å². The molecule has 0 spiro atoms. The van der Waals surface area contributed by atoms with E-state index in [9.17, 15) is 4.79 Å². The number of carbonyl (C=O) groups is 1. The van der Waals surface area contributed by atoms with Crippen LogP contribution in [0.3, 0.4) is 0 Å². The largest absolute Gasteiger partial charge is 0.496 e. The van der Waals surface area contributed by atoms with E-state index < -0.39 is 0 Å². The van der Waals surface area contributed by atoms with Crippen LogP contribution in [0.1, 0.15) is 21.5 Å². The highest BCUT2D eigenvalue weighted by Gasteiger charge is 2.20. The summed E-state index contributed by atoms with van der Waals surface area (Å²) in [6, 6.07) is 17.5. The summed E-state index contributed by atoms with van der Waals surface area (Å²) in [7, 11) is 4.72. The van der Waals surface area contributed by atoms with Gasteiger partial charge < -0.3 is 19.5 Å². The van der Waals surface area contributed by atoms with Crippen molar-refractivity contribution in [2.45, 2.75) is 13.1 Å². The Bertz CT molecular complexity index is 1220. The molecule has 33 heavy (non-hydrogen) atoms. The molecule has 0 aliphatic heterocycles. The van der Waals surface area contributed by atoms with Gasteiger partial charge in [-0.15, -0.1) is 11.3 Å². The van der Waals surface area contributed by atoms with Gasteiger partial charge in [0.1, 0.15) is 11.4 Å². The molecule has 2 aromatic carbocycles. The summed E-state index contributed by atoms with van der Waals surface area (Å²) >= 11 is 1.55. The molecule has 2 aromatic heterocycles. The van der Waals surface area contributed by atoms with Crippen molar-refractivity contribution in [3.63, 3.8) is 0 Å². The molecule has 0 atom stereocenters. The fourth-order valence-electron chi connectivity index (χ4n) is 3.54. The Balaban J connectivity index is 1.59. The minimum absolute atomic E-state index is 0.213. The van der Waals surface area contributed by atoms with Crippen molar-refractivity contribution in [1.29, 1.82) is 0 Å². The molecule has 0 aliphatic rings. The topological polar surface area (TPSA) is 74.6 Å². The van der Waals surface area contributed by atoms with Crippen LogP contribution < -0.4 is 19.5 Å². The molecule has 0 unspecified atom stereocenters.